The Bertz CT molecular complexity index is 395. The summed E-state index contributed by atoms with van der Waals surface area (Å²) in [7, 11) is 0.911. The van der Waals surface area contributed by atoms with E-state index in [-0.39, 0.29) is 25.6 Å². The number of morpholine rings is 1. The molecule has 7 nitrogen and oxygen atoms in total. The van der Waals surface area contributed by atoms with Crippen LogP contribution in [-0.2, 0) is 19.7 Å². The molecule has 1 rings (SSSR count). The second-order valence-electron chi connectivity index (χ2n) is 4.28. The summed E-state index contributed by atoms with van der Waals surface area (Å²) in [6, 6.07) is 0. The number of nitrogens with zero attached hydrogens (tertiary/aromatic N) is 2. The minimum absolute atomic E-state index is 0.0210. The summed E-state index contributed by atoms with van der Waals surface area (Å²) >= 11 is 0. The minimum Gasteiger partial charge on any atom is -0.363 e. The number of carbonyl (C=O) groups excluding carboxylic acids is 1. The largest absolute Gasteiger partial charge is 0.363 e. The molecule has 1 unspecified atom stereocenters. The van der Waals surface area contributed by atoms with Crippen LogP contribution in [0.3, 0.4) is 0 Å². The summed E-state index contributed by atoms with van der Waals surface area (Å²) in [5, 5.41) is 2.48. The van der Waals surface area contributed by atoms with Gasteiger partial charge < -0.3 is 10.1 Å². The van der Waals surface area contributed by atoms with Gasteiger partial charge in [0.2, 0.25) is 0 Å². The molecule has 0 aromatic rings. The molecule has 0 bridgehead atoms. The van der Waals surface area contributed by atoms with E-state index in [0.29, 0.717) is 0 Å². The highest BCUT2D eigenvalue weighted by molar-refractivity contribution is 7.86. The smallest absolute Gasteiger partial charge is 0.281 e. The lowest BCUT2D eigenvalue weighted by Crippen LogP contribution is -2.60. The summed E-state index contributed by atoms with van der Waals surface area (Å²) in [6.07, 6.45) is 0. The van der Waals surface area contributed by atoms with Gasteiger partial charge in [0, 0.05) is 27.7 Å². The van der Waals surface area contributed by atoms with E-state index < -0.39 is 15.8 Å². The molecule has 1 saturated heterocycles. The first-order valence-electron chi connectivity index (χ1n) is 5.28. The van der Waals surface area contributed by atoms with E-state index in [2.05, 4.69) is 5.32 Å². The van der Waals surface area contributed by atoms with E-state index in [1.807, 2.05) is 0 Å². The van der Waals surface area contributed by atoms with Crippen molar-refractivity contribution in [3.05, 3.63) is 0 Å². The number of likely N-dealkylation sites (N-methyl/N-ethyl adjacent to an activating group) is 1. The van der Waals surface area contributed by atoms with Gasteiger partial charge >= 0.3 is 0 Å². The van der Waals surface area contributed by atoms with Crippen molar-refractivity contribution in [1.82, 2.24) is 13.9 Å². The van der Waals surface area contributed by atoms with Crippen LogP contribution in [0.5, 0.6) is 0 Å². The summed E-state index contributed by atoms with van der Waals surface area (Å²) in [6.45, 7) is 2.07. The molecule has 1 amide bonds. The molecule has 0 aliphatic carbocycles. The van der Waals surface area contributed by atoms with Crippen LogP contribution >= 0.6 is 0 Å². The van der Waals surface area contributed by atoms with Gasteiger partial charge in [-0.15, -0.1) is 0 Å². The third-order valence-corrected chi connectivity index (χ3v) is 4.62. The Kier molecular flexibility index (Phi) is 4.13. The molecule has 1 N–H and O–H groups in total. The van der Waals surface area contributed by atoms with E-state index in [1.165, 1.54) is 25.4 Å². The zero-order chi connectivity index (χ0) is 13.3. The number of hydrogen-bond acceptors (Lipinski definition) is 4. The third-order valence-electron chi connectivity index (χ3n) is 2.73. The highest BCUT2D eigenvalue weighted by Crippen LogP contribution is 2.20. The topological polar surface area (TPSA) is 79.0 Å². The minimum atomic E-state index is -3.51. The number of amides is 1. The van der Waals surface area contributed by atoms with Crippen molar-refractivity contribution in [3.8, 4) is 0 Å². The zero-order valence-corrected chi connectivity index (χ0v) is 11.4. The van der Waals surface area contributed by atoms with Crippen molar-refractivity contribution < 1.29 is 17.9 Å². The maximum Gasteiger partial charge on any atom is 0.281 e. The van der Waals surface area contributed by atoms with Crippen LogP contribution in [0, 0.1) is 0 Å². The predicted octanol–water partition coefficient (Wildman–Crippen LogP) is -1.37. The number of hydrogen-bond donors (Lipinski definition) is 1. The molecule has 1 aliphatic rings. The van der Waals surface area contributed by atoms with Crippen LogP contribution < -0.4 is 5.32 Å². The van der Waals surface area contributed by atoms with Gasteiger partial charge in [-0.05, 0) is 6.92 Å². The Balaban J connectivity index is 2.91. The normalized spacial score (nSPS) is 27.1. The standard InChI is InChI=1S/C9H19N3O4S/c1-9(8(13)10-2)7-12(5-6-16-9)17(14,15)11(3)4/h5-7H2,1-4H3,(H,10,13). The molecule has 0 aromatic carbocycles. The maximum absolute atomic E-state index is 11.9. The fraction of sp³-hybridized carbons (Fsp3) is 0.889. The first kappa shape index (κ1) is 14.4. The van der Waals surface area contributed by atoms with Crippen molar-refractivity contribution in [3.63, 3.8) is 0 Å². The molecule has 0 saturated carbocycles. The molecule has 1 aliphatic heterocycles. The van der Waals surface area contributed by atoms with Crippen LogP contribution in [0.25, 0.3) is 0 Å². The Morgan fingerprint density at radius 2 is 2.06 bits per heavy atom. The van der Waals surface area contributed by atoms with Crippen LogP contribution in [-0.4, -0.2) is 69.4 Å². The lowest BCUT2D eigenvalue weighted by Gasteiger charge is -2.39. The third kappa shape index (κ3) is 2.76. The van der Waals surface area contributed by atoms with Gasteiger partial charge in [-0.3, -0.25) is 4.79 Å². The van der Waals surface area contributed by atoms with Crippen LogP contribution in [0.4, 0.5) is 0 Å². The van der Waals surface area contributed by atoms with Crippen molar-refractivity contribution in [1.29, 1.82) is 0 Å². The average Bonchev–Trinajstić information content (AvgIpc) is 2.27. The summed E-state index contributed by atoms with van der Waals surface area (Å²) < 4.78 is 31.7. The predicted molar refractivity (Wildman–Crippen MR) is 62.6 cm³/mol. The van der Waals surface area contributed by atoms with Gasteiger partial charge in [-0.2, -0.15) is 17.0 Å². The Labute approximate surface area is 102 Å². The lowest BCUT2D eigenvalue weighted by molar-refractivity contribution is -0.151. The van der Waals surface area contributed by atoms with E-state index in [4.69, 9.17) is 4.74 Å². The number of nitrogens with one attached hydrogen (secondary N) is 1. The summed E-state index contributed by atoms with van der Waals surface area (Å²) in [5.74, 6) is -0.323. The van der Waals surface area contributed by atoms with Crippen molar-refractivity contribution in [2.75, 3.05) is 40.8 Å². The Morgan fingerprint density at radius 3 is 2.53 bits per heavy atom. The molecule has 17 heavy (non-hydrogen) atoms. The first-order valence-corrected chi connectivity index (χ1v) is 6.67. The summed E-state index contributed by atoms with van der Waals surface area (Å²) in [4.78, 5) is 11.7. The van der Waals surface area contributed by atoms with Gasteiger partial charge in [0.25, 0.3) is 16.1 Å². The van der Waals surface area contributed by atoms with Gasteiger partial charge in [0.15, 0.2) is 5.60 Å². The van der Waals surface area contributed by atoms with E-state index in [1.54, 1.807) is 6.92 Å². The quantitative estimate of drug-likeness (QED) is 0.683. The number of rotatable bonds is 3. The molecule has 0 radical (unpaired) electrons. The first-order chi connectivity index (χ1) is 7.74. The monoisotopic (exact) mass is 265 g/mol. The molecular weight excluding hydrogens is 246 g/mol. The van der Waals surface area contributed by atoms with Gasteiger partial charge in [-0.1, -0.05) is 0 Å². The Hall–Kier alpha value is -0.700. The molecule has 8 heteroatoms. The molecule has 1 heterocycles. The van der Waals surface area contributed by atoms with Crippen LogP contribution in [0.15, 0.2) is 0 Å². The van der Waals surface area contributed by atoms with Crippen LogP contribution in [0.1, 0.15) is 6.92 Å². The molecule has 1 fully saturated rings. The van der Waals surface area contributed by atoms with E-state index >= 15 is 0 Å². The van der Waals surface area contributed by atoms with E-state index in [9.17, 15) is 13.2 Å². The maximum atomic E-state index is 11.9. The fourth-order valence-corrected chi connectivity index (χ4v) is 2.84. The molecule has 0 aromatic heterocycles. The van der Waals surface area contributed by atoms with E-state index in [0.717, 1.165) is 4.31 Å². The molecule has 0 spiro atoms. The average molecular weight is 265 g/mol. The van der Waals surface area contributed by atoms with Gasteiger partial charge in [-0.25, -0.2) is 0 Å². The van der Waals surface area contributed by atoms with Crippen molar-refractivity contribution in [2.45, 2.75) is 12.5 Å². The number of ether oxygens (including phenoxy) is 1. The Morgan fingerprint density at radius 1 is 1.47 bits per heavy atom. The van der Waals surface area contributed by atoms with Crippen molar-refractivity contribution in [2.24, 2.45) is 0 Å². The molecule has 100 valence electrons. The van der Waals surface area contributed by atoms with Gasteiger partial charge in [0.05, 0.1) is 13.2 Å². The molecule has 1 atom stereocenters. The van der Waals surface area contributed by atoms with Crippen molar-refractivity contribution >= 4 is 16.1 Å². The lowest BCUT2D eigenvalue weighted by atomic mass is 10.0. The number of carbonyl (C=O) groups is 1. The van der Waals surface area contributed by atoms with Gasteiger partial charge in [0.1, 0.15) is 0 Å². The zero-order valence-electron chi connectivity index (χ0n) is 10.6. The second kappa shape index (κ2) is 4.89. The SMILES string of the molecule is CNC(=O)C1(C)CN(S(=O)(=O)N(C)C)CCO1. The molecular formula is C9H19N3O4S. The highest BCUT2D eigenvalue weighted by Gasteiger charge is 2.42. The summed E-state index contributed by atoms with van der Waals surface area (Å²) in [5.41, 5.74) is -1.13. The highest BCUT2D eigenvalue weighted by atomic mass is 32.2. The van der Waals surface area contributed by atoms with Crippen LogP contribution in [0.2, 0.25) is 0 Å². The fourth-order valence-electron chi connectivity index (χ4n) is 1.66. The second-order valence-corrected chi connectivity index (χ2v) is 6.42.